The molecule has 1 N–H and O–H groups in total. The fourth-order valence-corrected chi connectivity index (χ4v) is 4.05. The Labute approximate surface area is 129 Å². The van der Waals surface area contributed by atoms with E-state index in [1.807, 2.05) is 37.4 Å². The van der Waals surface area contributed by atoms with Crippen LogP contribution in [0.25, 0.3) is 0 Å². The van der Waals surface area contributed by atoms with Crippen LogP contribution in [0.5, 0.6) is 0 Å². The second kappa shape index (κ2) is 6.47. The van der Waals surface area contributed by atoms with Crippen molar-refractivity contribution in [1.82, 2.24) is 10.2 Å². The number of carboxylic acid groups (broad SMARTS) is 1. The molecule has 20 heavy (non-hydrogen) atoms. The Kier molecular flexibility index (Phi) is 4.90. The van der Waals surface area contributed by atoms with Crippen LogP contribution in [0, 0.1) is 0 Å². The minimum atomic E-state index is -0.921. The van der Waals surface area contributed by atoms with Gasteiger partial charge in [-0.3, -0.25) is 0 Å². The molecule has 0 fully saturated rings. The van der Waals surface area contributed by atoms with Gasteiger partial charge in [-0.05, 0) is 18.4 Å². The Morgan fingerprint density at radius 2 is 2.00 bits per heavy atom. The highest BCUT2D eigenvalue weighted by Crippen LogP contribution is 2.37. The summed E-state index contributed by atoms with van der Waals surface area (Å²) in [7, 11) is 3.79. The molecule has 2 aromatic rings. The van der Waals surface area contributed by atoms with Gasteiger partial charge in [0.1, 0.15) is 0 Å². The number of hydrogen-bond donors (Lipinski definition) is 1. The molecule has 0 aliphatic rings. The Morgan fingerprint density at radius 3 is 2.55 bits per heavy atom. The average molecular weight is 327 g/mol. The van der Waals surface area contributed by atoms with Gasteiger partial charge in [-0.1, -0.05) is 29.2 Å². The van der Waals surface area contributed by atoms with Gasteiger partial charge in [0.25, 0.3) is 0 Å². The Bertz CT molecular complexity index is 628. The van der Waals surface area contributed by atoms with Crippen molar-refractivity contribution >= 4 is 46.0 Å². The Morgan fingerprint density at radius 1 is 1.30 bits per heavy atom. The smallest absolute Gasteiger partial charge is 0.337 e. The van der Waals surface area contributed by atoms with Crippen LogP contribution in [0.4, 0.5) is 5.13 Å². The van der Waals surface area contributed by atoms with Gasteiger partial charge < -0.3 is 10.0 Å². The first-order valence-corrected chi connectivity index (χ1v) is 8.47. The van der Waals surface area contributed by atoms with E-state index in [1.165, 1.54) is 34.9 Å². The third kappa shape index (κ3) is 3.25. The predicted molar refractivity (Wildman–Crippen MR) is 83.5 cm³/mol. The highest BCUT2D eigenvalue weighted by molar-refractivity contribution is 8.01. The third-order valence-electron chi connectivity index (χ3n) is 2.40. The molecule has 0 atom stereocenters. The van der Waals surface area contributed by atoms with E-state index in [4.69, 9.17) is 0 Å². The molecule has 0 saturated heterocycles. The first kappa shape index (κ1) is 15.1. The van der Waals surface area contributed by atoms with E-state index in [0.717, 1.165) is 14.4 Å². The molecule has 0 spiro atoms. The van der Waals surface area contributed by atoms with Crippen molar-refractivity contribution in [3.8, 4) is 0 Å². The van der Waals surface area contributed by atoms with Crippen molar-refractivity contribution in [2.24, 2.45) is 0 Å². The Balaban J connectivity index is 2.35. The van der Waals surface area contributed by atoms with Crippen LogP contribution in [-0.4, -0.2) is 41.6 Å². The zero-order valence-electron chi connectivity index (χ0n) is 11.2. The maximum absolute atomic E-state index is 11.4. The van der Waals surface area contributed by atoms with Crippen LogP contribution >= 0.6 is 34.9 Å². The predicted octanol–water partition coefficient (Wildman–Crippen LogP) is 3.18. The van der Waals surface area contributed by atoms with Gasteiger partial charge in [-0.25, -0.2) is 4.79 Å². The normalized spacial score (nSPS) is 10.6. The molecule has 0 saturated carbocycles. The summed E-state index contributed by atoms with van der Waals surface area (Å²) in [5.41, 5.74) is 0.326. The standard InChI is InChI=1S/C12H13N3O2S3/c1-15(2)11-13-14-12(20-11)19-8-6-4-5-7(18-3)9(8)10(16)17/h4-6H,1-3H3,(H,16,17). The molecule has 0 aliphatic heterocycles. The molecule has 106 valence electrons. The minimum absolute atomic E-state index is 0.326. The molecule has 1 heterocycles. The highest BCUT2D eigenvalue weighted by Gasteiger charge is 2.17. The van der Waals surface area contributed by atoms with E-state index in [0.29, 0.717) is 10.5 Å². The molecule has 0 aliphatic carbocycles. The quantitative estimate of drug-likeness (QED) is 0.846. The summed E-state index contributed by atoms with van der Waals surface area (Å²) >= 11 is 4.19. The number of aromatic nitrogens is 2. The minimum Gasteiger partial charge on any atom is -0.478 e. The second-order valence-electron chi connectivity index (χ2n) is 3.99. The molecule has 0 amide bonds. The number of anilines is 1. The summed E-state index contributed by atoms with van der Waals surface area (Å²) in [5, 5.41) is 18.3. The molecule has 0 radical (unpaired) electrons. The van der Waals surface area contributed by atoms with Crippen molar-refractivity contribution in [1.29, 1.82) is 0 Å². The number of benzene rings is 1. The number of hydrogen-bond acceptors (Lipinski definition) is 7. The maximum Gasteiger partial charge on any atom is 0.337 e. The number of carboxylic acids is 1. The molecule has 0 unspecified atom stereocenters. The number of aromatic carboxylic acids is 1. The molecular formula is C12H13N3O2S3. The lowest BCUT2D eigenvalue weighted by Gasteiger charge is -2.07. The van der Waals surface area contributed by atoms with Crippen molar-refractivity contribution in [3.05, 3.63) is 23.8 Å². The van der Waals surface area contributed by atoms with Gasteiger partial charge in [0.05, 0.1) is 5.56 Å². The molecule has 2 rings (SSSR count). The van der Waals surface area contributed by atoms with Crippen LogP contribution in [-0.2, 0) is 0 Å². The summed E-state index contributed by atoms with van der Waals surface area (Å²) in [6, 6.07) is 5.46. The van der Waals surface area contributed by atoms with Crippen molar-refractivity contribution in [3.63, 3.8) is 0 Å². The van der Waals surface area contributed by atoms with Crippen molar-refractivity contribution in [2.75, 3.05) is 25.3 Å². The average Bonchev–Trinajstić information content (AvgIpc) is 2.86. The molecular weight excluding hydrogens is 314 g/mol. The maximum atomic E-state index is 11.4. The van der Waals surface area contributed by atoms with Gasteiger partial charge in [0.2, 0.25) is 5.13 Å². The number of nitrogens with zero attached hydrogens (tertiary/aromatic N) is 3. The molecule has 1 aromatic carbocycles. The monoisotopic (exact) mass is 327 g/mol. The summed E-state index contributed by atoms with van der Waals surface area (Å²) in [5.74, 6) is -0.921. The van der Waals surface area contributed by atoms with Crippen LogP contribution < -0.4 is 4.90 Å². The molecule has 5 nitrogen and oxygen atoms in total. The van der Waals surface area contributed by atoms with Gasteiger partial charge >= 0.3 is 5.97 Å². The summed E-state index contributed by atoms with van der Waals surface area (Å²) < 4.78 is 0.731. The fourth-order valence-electron chi connectivity index (χ4n) is 1.50. The topological polar surface area (TPSA) is 66.3 Å². The lowest BCUT2D eigenvalue weighted by atomic mass is 10.2. The van der Waals surface area contributed by atoms with E-state index in [2.05, 4.69) is 10.2 Å². The zero-order chi connectivity index (χ0) is 14.7. The first-order valence-electron chi connectivity index (χ1n) is 5.62. The van der Waals surface area contributed by atoms with Crippen LogP contribution in [0.15, 0.2) is 32.3 Å². The Hall–Kier alpha value is -1.25. The third-order valence-corrected chi connectivity index (χ3v) is 5.38. The van der Waals surface area contributed by atoms with Crippen LogP contribution in [0.1, 0.15) is 10.4 Å². The van der Waals surface area contributed by atoms with E-state index in [1.54, 1.807) is 6.07 Å². The van der Waals surface area contributed by atoms with Crippen LogP contribution in [0.2, 0.25) is 0 Å². The van der Waals surface area contributed by atoms with Crippen molar-refractivity contribution in [2.45, 2.75) is 14.1 Å². The summed E-state index contributed by atoms with van der Waals surface area (Å²) in [6.45, 7) is 0. The number of rotatable bonds is 5. The molecule has 8 heteroatoms. The van der Waals surface area contributed by atoms with Gasteiger partial charge in [0, 0.05) is 23.9 Å². The van der Waals surface area contributed by atoms with E-state index >= 15 is 0 Å². The zero-order valence-corrected chi connectivity index (χ0v) is 13.6. The fraction of sp³-hybridized carbons (Fsp3) is 0.250. The van der Waals surface area contributed by atoms with E-state index in [9.17, 15) is 9.90 Å². The first-order chi connectivity index (χ1) is 9.52. The second-order valence-corrected chi connectivity index (χ2v) is 7.08. The lowest BCUT2D eigenvalue weighted by molar-refractivity contribution is 0.0689. The van der Waals surface area contributed by atoms with Crippen LogP contribution in [0.3, 0.4) is 0 Å². The summed E-state index contributed by atoms with van der Waals surface area (Å²) in [4.78, 5) is 14.7. The molecule has 0 bridgehead atoms. The van der Waals surface area contributed by atoms with Crippen molar-refractivity contribution < 1.29 is 9.90 Å². The summed E-state index contributed by atoms with van der Waals surface area (Å²) in [6.07, 6.45) is 1.87. The lowest BCUT2D eigenvalue weighted by Crippen LogP contribution is -2.07. The van der Waals surface area contributed by atoms with Gasteiger partial charge in [0.15, 0.2) is 4.34 Å². The molecule has 1 aromatic heterocycles. The van der Waals surface area contributed by atoms with E-state index < -0.39 is 5.97 Å². The van der Waals surface area contributed by atoms with Gasteiger partial charge in [-0.15, -0.1) is 22.0 Å². The van der Waals surface area contributed by atoms with E-state index in [-0.39, 0.29) is 0 Å². The SMILES string of the molecule is CSc1cccc(Sc2nnc(N(C)C)s2)c1C(=O)O. The largest absolute Gasteiger partial charge is 0.478 e. The number of thioether (sulfide) groups is 1. The highest BCUT2D eigenvalue weighted by atomic mass is 32.2. The number of carbonyl (C=O) groups is 1. The van der Waals surface area contributed by atoms with Gasteiger partial charge in [-0.2, -0.15) is 0 Å².